The Bertz CT molecular complexity index is 3080. The van der Waals surface area contributed by atoms with Crippen molar-refractivity contribution in [2.45, 2.75) is 0 Å². The van der Waals surface area contributed by atoms with E-state index in [1.54, 1.807) is 0 Å². The van der Waals surface area contributed by atoms with Gasteiger partial charge in [-0.2, -0.15) is 0 Å². The average Bonchev–Trinajstić information content (AvgIpc) is 3.83. The molecule has 0 bridgehead atoms. The van der Waals surface area contributed by atoms with Crippen LogP contribution in [0.4, 0.5) is 17.1 Å². The second-order valence-corrected chi connectivity index (χ2v) is 14.1. The molecular weight excluding hydrogens is 671 g/mol. The van der Waals surface area contributed by atoms with E-state index in [-0.39, 0.29) is 0 Å². The van der Waals surface area contributed by atoms with E-state index >= 15 is 0 Å². The molecule has 0 aliphatic heterocycles. The van der Waals surface area contributed by atoms with E-state index in [0.717, 1.165) is 77.5 Å². The summed E-state index contributed by atoms with van der Waals surface area (Å²) in [4.78, 5) is 2.33. The van der Waals surface area contributed by atoms with Crippen LogP contribution in [0.2, 0.25) is 0 Å². The summed E-state index contributed by atoms with van der Waals surface area (Å²) in [6.07, 6.45) is 0. The Balaban J connectivity index is 1.04. The van der Waals surface area contributed by atoms with Gasteiger partial charge in [0.05, 0.1) is 0 Å². The molecule has 0 aliphatic carbocycles. The zero-order chi connectivity index (χ0) is 36.3. The van der Waals surface area contributed by atoms with Crippen molar-refractivity contribution >= 4 is 71.7 Å². The van der Waals surface area contributed by atoms with Crippen LogP contribution < -0.4 is 4.90 Å². The van der Waals surface area contributed by atoms with Crippen LogP contribution in [0, 0.1) is 0 Å². The summed E-state index contributed by atoms with van der Waals surface area (Å²) in [6.45, 7) is 0. The van der Waals surface area contributed by atoms with Gasteiger partial charge >= 0.3 is 0 Å². The monoisotopic (exact) mass is 703 g/mol. The molecule has 0 saturated heterocycles. The maximum Gasteiger partial charge on any atom is 0.136 e. The second-order valence-electron chi connectivity index (χ2n) is 14.1. The van der Waals surface area contributed by atoms with Crippen LogP contribution in [-0.4, -0.2) is 0 Å². The minimum Gasteiger partial charge on any atom is -0.456 e. The molecule has 0 atom stereocenters. The van der Waals surface area contributed by atoms with Crippen molar-refractivity contribution in [3.63, 3.8) is 0 Å². The number of nitrogens with zero attached hydrogens (tertiary/aromatic N) is 1. The molecule has 0 aliphatic rings. The van der Waals surface area contributed by atoms with Gasteiger partial charge in [0.15, 0.2) is 0 Å². The van der Waals surface area contributed by atoms with Gasteiger partial charge in [-0.05, 0) is 105 Å². The topological polar surface area (TPSA) is 29.5 Å². The van der Waals surface area contributed by atoms with Gasteiger partial charge in [-0.25, -0.2) is 0 Å². The fourth-order valence-electron chi connectivity index (χ4n) is 8.28. The first kappa shape index (κ1) is 31.2. The summed E-state index contributed by atoms with van der Waals surface area (Å²) in [7, 11) is 0. The van der Waals surface area contributed by atoms with Gasteiger partial charge in [-0.15, -0.1) is 0 Å². The predicted octanol–water partition coefficient (Wildman–Crippen LogP) is 15.1. The smallest absolute Gasteiger partial charge is 0.136 e. The highest BCUT2D eigenvalue weighted by Crippen LogP contribution is 2.45. The van der Waals surface area contributed by atoms with Crippen LogP contribution in [0.5, 0.6) is 0 Å². The van der Waals surface area contributed by atoms with Crippen LogP contribution in [0.25, 0.3) is 88.0 Å². The number of furan rings is 2. The molecule has 258 valence electrons. The molecule has 55 heavy (non-hydrogen) atoms. The maximum atomic E-state index is 6.66. The third-order valence-corrected chi connectivity index (χ3v) is 10.9. The number of hydrogen-bond acceptors (Lipinski definition) is 3. The largest absolute Gasteiger partial charge is 0.456 e. The maximum absolute atomic E-state index is 6.66. The highest BCUT2D eigenvalue weighted by atomic mass is 16.3. The third-order valence-electron chi connectivity index (χ3n) is 10.9. The van der Waals surface area contributed by atoms with Crippen LogP contribution in [0.15, 0.2) is 209 Å². The van der Waals surface area contributed by atoms with Gasteiger partial charge in [0, 0.05) is 38.6 Å². The second kappa shape index (κ2) is 12.6. The van der Waals surface area contributed by atoms with Gasteiger partial charge in [-0.3, -0.25) is 0 Å². The third kappa shape index (κ3) is 5.20. The molecule has 0 N–H and O–H groups in total. The summed E-state index contributed by atoms with van der Waals surface area (Å²) in [5.74, 6) is 0. The van der Waals surface area contributed by atoms with Crippen molar-refractivity contribution in [3.8, 4) is 33.4 Å². The molecular formula is C52H33NO2. The molecule has 0 amide bonds. The molecule has 3 heteroatoms. The van der Waals surface area contributed by atoms with Crippen LogP contribution in [-0.2, 0) is 0 Å². The van der Waals surface area contributed by atoms with E-state index < -0.39 is 0 Å². The summed E-state index contributed by atoms with van der Waals surface area (Å²) < 4.78 is 12.9. The molecule has 0 fully saturated rings. The average molecular weight is 704 g/mol. The zero-order valence-electron chi connectivity index (χ0n) is 29.8. The minimum absolute atomic E-state index is 0.860. The first-order valence-electron chi connectivity index (χ1n) is 18.7. The summed E-state index contributed by atoms with van der Waals surface area (Å²) in [5.41, 5.74) is 13.8. The van der Waals surface area contributed by atoms with Crippen LogP contribution in [0.3, 0.4) is 0 Å². The van der Waals surface area contributed by atoms with E-state index in [2.05, 4.69) is 181 Å². The first-order chi connectivity index (χ1) is 27.3. The normalized spacial score (nSPS) is 11.6. The Morgan fingerprint density at radius 1 is 0.273 bits per heavy atom. The van der Waals surface area contributed by atoms with E-state index in [9.17, 15) is 0 Å². The molecule has 0 saturated carbocycles. The number of rotatable bonds is 6. The Kier molecular flexibility index (Phi) is 7.17. The minimum atomic E-state index is 0.860. The molecule has 2 aromatic heterocycles. The molecule has 11 rings (SSSR count). The van der Waals surface area contributed by atoms with Crippen LogP contribution in [0.1, 0.15) is 0 Å². The zero-order valence-corrected chi connectivity index (χ0v) is 29.8. The number of para-hydroxylation sites is 1. The standard InChI is InChI=1S/C52H33NO2/c1-3-11-34(12-4-1)36-19-25-39(26-20-36)53(40-27-21-37(22-28-40)35-13-5-2-6-14-35)41-29-23-38(24-30-41)45-33-49-50(43-16-8-7-15-42(43)45)52-48(55-49)32-31-47-51(52)44-17-9-10-18-46(44)54-47/h1-33H. The van der Waals surface area contributed by atoms with Gasteiger partial charge in [0.1, 0.15) is 22.3 Å². The highest BCUT2D eigenvalue weighted by molar-refractivity contribution is 6.31. The molecule has 2 heterocycles. The van der Waals surface area contributed by atoms with Gasteiger partial charge in [0.25, 0.3) is 0 Å². The van der Waals surface area contributed by atoms with E-state index in [0.29, 0.717) is 0 Å². The van der Waals surface area contributed by atoms with Crippen molar-refractivity contribution in [3.05, 3.63) is 200 Å². The highest BCUT2D eigenvalue weighted by Gasteiger charge is 2.20. The quantitative estimate of drug-likeness (QED) is 0.173. The van der Waals surface area contributed by atoms with E-state index in [1.165, 1.54) is 27.6 Å². The van der Waals surface area contributed by atoms with Crippen molar-refractivity contribution < 1.29 is 8.83 Å². The van der Waals surface area contributed by atoms with Crippen molar-refractivity contribution in [2.24, 2.45) is 0 Å². The van der Waals surface area contributed by atoms with Crippen molar-refractivity contribution in [2.75, 3.05) is 4.90 Å². The predicted molar refractivity (Wildman–Crippen MR) is 229 cm³/mol. The lowest BCUT2D eigenvalue weighted by molar-refractivity contribution is 0.663. The summed E-state index contributed by atoms with van der Waals surface area (Å²) in [6, 6.07) is 70.9. The molecule has 0 spiro atoms. The van der Waals surface area contributed by atoms with Gasteiger partial charge < -0.3 is 13.7 Å². The molecule has 0 unspecified atom stereocenters. The lowest BCUT2D eigenvalue weighted by atomic mass is 9.94. The Morgan fingerprint density at radius 3 is 1.27 bits per heavy atom. The Morgan fingerprint density at radius 2 is 0.691 bits per heavy atom. The SMILES string of the molecule is c1ccc(-c2ccc(N(c3ccc(-c4ccccc4)cc3)c3ccc(-c4cc5oc6ccc7oc8ccccc8c7c6c5c5ccccc45)cc3)cc2)cc1. The van der Waals surface area contributed by atoms with E-state index in [4.69, 9.17) is 8.83 Å². The van der Waals surface area contributed by atoms with E-state index in [1.807, 2.05) is 24.3 Å². The fourth-order valence-corrected chi connectivity index (χ4v) is 8.28. The number of benzene rings is 9. The number of fused-ring (bicyclic) bond motifs is 9. The summed E-state index contributed by atoms with van der Waals surface area (Å²) in [5, 5.41) is 6.76. The summed E-state index contributed by atoms with van der Waals surface area (Å²) >= 11 is 0. The van der Waals surface area contributed by atoms with Gasteiger partial charge in [0.2, 0.25) is 0 Å². The molecule has 3 nitrogen and oxygen atoms in total. The van der Waals surface area contributed by atoms with Crippen LogP contribution >= 0.6 is 0 Å². The van der Waals surface area contributed by atoms with Gasteiger partial charge in [-0.1, -0.05) is 140 Å². The lowest BCUT2D eigenvalue weighted by Gasteiger charge is -2.26. The van der Waals surface area contributed by atoms with Crippen molar-refractivity contribution in [1.82, 2.24) is 0 Å². The fraction of sp³-hybridized carbons (Fsp3) is 0. The first-order valence-corrected chi connectivity index (χ1v) is 18.7. The molecule has 9 aromatic carbocycles. The Labute approximate surface area is 317 Å². The number of hydrogen-bond donors (Lipinski definition) is 0. The lowest BCUT2D eigenvalue weighted by Crippen LogP contribution is -2.09. The number of anilines is 3. The molecule has 0 radical (unpaired) electrons. The Hall–Kier alpha value is -7.36. The van der Waals surface area contributed by atoms with Crippen molar-refractivity contribution in [1.29, 1.82) is 0 Å². The molecule has 11 aromatic rings.